The van der Waals surface area contributed by atoms with E-state index in [-0.39, 0.29) is 17.9 Å². The van der Waals surface area contributed by atoms with E-state index in [1.807, 2.05) is 19.9 Å². The fourth-order valence-corrected chi connectivity index (χ4v) is 2.91. The number of aromatic amines is 1. The lowest BCUT2D eigenvalue weighted by molar-refractivity contribution is -0.115. The normalized spacial score (nSPS) is 10.7. The maximum absolute atomic E-state index is 12.6. The van der Waals surface area contributed by atoms with Gasteiger partial charge in [0.1, 0.15) is 0 Å². The van der Waals surface area contributed by atoms with Crippen LogP contribution in [0, 0.1) is 0 Å². The van der Waals surface area contributed by atoms with Crippen LogP contribution in [0.25, 0.3) is 10.8 Å². The number of rotatable bonds is 9. The summed E-state index contributed by atoms with van der Waals surface area (Å²) in [5.41, 5.74) is 0.854. The van der Waals surface area contributed by atoms with Crippen molar-refractivity contribution in [1.29, 1.82) is 0 Å². The van der Waals surface area contributed by atoms with Crippen molar-refractivity contribution in [3.8, 4) is 11.5 Å². The summed E-state index contributed by atoms with van der Waals surface area (Å²) in [4.78, 5) is 24.5. The predicted molar refractivity (Wildman–Crippen MR) is 113 cm³/mol. The molecular formula is C22H25N3O4. The van der Waals surface area contributed by atoms with Crippen molar-refractivity contribution in [2.45, 2.75) is 33.1 Å². The average Bonchev–Trinajstić information content (AvgIpc) is 2.73. The van der Waals surface area contributed by atoms with Gasteiger partial charge in [0.05, 0.1) is 30.7 Å². The number of H-pyrrole nitrogens is 1. The van der Waals surface area contributed by atoms with Crippen LogP contribution in [-0.4, -0.2) is 29.3 Å². The van der Waals surface area contributed by atoms with E-state index in [0.29, 0.717) is 46.9 Å². The van der Waals surface area contributed by atoms with Crippen LogP contribution in [0.3, 0.4) is 0 Å². The van der Waals surface area contributed by atoms with E-state index < -0.39 is 0 Å². The molecule has 152 valence electrons. The molecule has 1 amide bonds. The minimum atomic E-state index is -0.273. The van der Waals surface area contributed by atoms with E-state index in [4.69, 9.17) is 9.47 Å². The summed E-state index contributed by atoms with van der Waals surface area (Å²) in [5, 5.41) is 10.5. The number of carbonyl (C=O) groups excluding carboxylic acids is 1. The lowest BCUT2D eigenvalue weighted by Crippen LogP contribution is -2.18. The molecule has 1 aromatic heterocycles. The molecular weight excluding hydrogens is 370 g/mol. The zero-order chi connectivity index (χ0) is 20.6. The van der Waals surface area contributed by atoms with E-state index in [1.54, 1.807) is 36.4 Å². The SMILES string of the molecule is CCCOc1ccc(NC(=O)Cc2n[nH]c(=O)c3ccccc23)cc1OCCC. The molecule has 0 saturated carbocycles. The molecule has 0 radical (unpaired) electrons. The second kappa shape index (κ2) is 9.73. The first kappa shape index (κ1) is 20.4. The zero-order valence-electron chi connectivity index (χ0n) is 16.7. The van der Waals surface area contributed by atoms with Gasteiger partial charge in [-0.15, -0.1) is 0 Å². The molecule has 1 heterocycles. The van der Waals surface area contributed by atoms with Gasteiger partial charge < -0.3 is 14.8 Å². The Hall–Kier alpha value is -3.35. The Bertz CT molecular complexity index is 1050. The van der Waals surface area contributed by atoms with Crippen molar-refractivity contribution in [1.82, 2.24) is 10.2 Å². The van der Waals surface area contributed by atoms with E-state index in [0.717, 1.165) is 12.8 Å². The number of amides is 1. The number of hydrogen-bond acceptors (Lipinski definition) is 5. The number of aromatic nitrogens is 2. The zero-order valence-corrected chi connectivity index (χ0v) is 16.7. The highest BCUT2D eigenvalue weighted by atomic mass is 16.5. The minimum absolute atomic E-state index is 0.0382. The maximum Gasteiger partial charge on any atom is 0.272 e. The van der Waals surface area contributed by atoms with Crippen molar-refractivity contribution < 1.29 is 14.3 Å². The van der Waals surface area contributed by atoms with Gasteiger partial charge in [-0.2, -0.15) is 5.10 Å². The quantitative estimate of drug-likeness (QED) is 0.576. The molecule has 3 aromatic rings. The average molecular weight is 395 g/mol. The number of carbonyl (C=O) groups is 1. The summed E-state index contributed by atoms with van der Waals surface area (Å²) in [6, 6.07) is 12.4. The van der Waals surface area contributed by atoms with Crippen molar-refractivity contribution in [3.05, 3.63) is 58.5 Å². The second-order valence-electron chi connectivity index (χ2n) is 6.63. The van der Waals surface area contributed by atoms with Gasteiger partial charge in [0.25, 0.3) is 5.56 Å². The number of hydrogen-bond donors (Lipinski definition) is 2. The Labute approximate surface area is 169 Å². The third-order valence-corrected chi connectivity index (χ3v) is 4.25. The van der Waals surface area contributed by atoms with Crippen LogP contribution in [0.1, 0.15) is 32.4 Å². The molecule has 0 unspecified atom stereocenters. The highest BCUT2D eigenvalue weighted by Crippen LogP contribution is 2.31. The second-order valence-corrected chi connectivity index (χ2v) is 6.63. The highest BCUT2D eigenvalue weighted by Gasteiger charge is 2.13. The van der Waals surface area contributed by atoms with E-state index >= 15 is 0 Å². The van der Waals surface area contributed by atoms with Crippen molar-refractivity contribution in [2.75, 3.05) is 18.5 Å². The van der Waals surface area contributed by atoms with E-state index in [9.17, 15) is 9.59 Å². The summed E-state index contributed by atoms with van der Waals surface area (Å²) >= 11 is 0. The molecule has 0 aliphatic heterocycles. The summed E-state index contributed by atoms with van der Waals surface area (Å²) in [7, 11) is 0. The van der Waals surface area contributed by atoms with E-state index in [1.165, 1.54) is 0 Å². The van der Waals surface area contributed by atoms with Crippen LogP contribution in [0.5, 0.6) is 11.5 Å². The molecule has 0 bridgehead atoms. The lowest BCUT2D eigenvalue weighted by Gasteiger charge is -2.14. The van der Waals surface area contributed by atoms with Gasteiger partial charge in [-0.25, -0.2) is 5.10 Å². The Balaban J connectivity index is 1.77. The van der Waals surface area contributed by atoms with Crippen LogP contribution in [0.2, 0.25) is 0 Å². The predicted octanol–water partition coefficient (Wildman–Crippen LogP) is 3.68. The van der Waals surface area contributed by atoms with E-state index in [2.05, 4.69) is 15.5 Å². The number of nitrogens with zero attached hydrogens (tertiary/aromatic N) is 1. The maximum atomic E-state index is 12.6. The molecule has 2 aromatic carbocycles. The summed E-state index contributed by atoms with van der Waals surface area (Å²) in [6.07, 6.45) is 1.80. The van der Waals surface area contributed by atoms with Crippen LogP contribution >= 0.6 is 0 Å². The number of ether oxygens (including phenoxy) is 2. The first-order valence-corrected chi connectivity index (χ1v) is 9.78. The monoisotopic (exact) mass is 395 g/mol. The molecule has 0 atom stereocenters. The third-order valence-electron chi connectivity index (χ3n) is 4.25. The largest absolute Gasteiger partial charge is 0.490 e. The van der Waals surface area contributed by atoms with Gasteiger partial charge in [-0.3, -0.25) is 9.59 Å². The number of fused-ring (bicyclic) bond motifs is 1. The molecule has 7 nitrogen and oxygen atoms in total. The van der Waals surface area contributed by atoms with Crippen molar-refractivity contribution in [2.24, 2.45) is 0 Å². The standard InChI is InChI=1S/C22H25N3O4/c1-3-11-28-19-10-9-15(13-20(19)29-12-4-2)23-21(26)14-18-16-7-5-6-8-17(16)22(27)25-24-18/h5-10,13H,3-4,11-12,14H2,1-2H3,(H,23,26)(H,25,27). The van der Waals surface area contributed by atoms with Gasteiger partial charge in [0, 0.05) is 17.1 Å². The van der Waals surface area contributed by atoms with Crippen LogP contribution in [0.4, 0.5) is 5.69 Å². The van der Waals surface area contributed by atoms with Crippen LogP contribution in [-0.2, 0) is 11.2 Å². The molecule has 0 saturated heterocycles. The highest BCUT2D eigenvalue weighted by molar-refractivity contribution is 5.95. The fraction of sp³-hybridized carbons (Fsp3) is 0.318. The van der Waals surface area contributed by atoms with Gasteiger partial charge >= 0.3 is 0 Å². The van der Waals surface area contributed by atoms with Crippen LogP contribution < -0.4 is 20.3 Å². The molecule has 7 heteroatoms. The Morgan fingerprint density at radius 1 is 1.00 bits per heavy atom. The Morgan fingerprint density at radius 3 is 2.41 bits per heavy atom. The first-order chi connectivity index (χ1) is 14.1. The lowest BCUT2D eigenvalue weighted by atomic mass is 10.1. The van der Waals surface area contributed by atoms with Crippen molar-refractivity contribution >= 4 is 22.4 Å². The number of nitrogens with one attached hydrogen (secondary N) is 2. The minimum Gasteiger partial charge on any atom is -0.490 e. The van der Waals surface area contributed by atoms with Gasteiger partial charge in [-0.05, 0) is 31.0 Å². The number of benzene rings is 2. The smallest absolute Gasteiger partial charge is 0.272 e. The van der Waals surface area contributed by atoms with Gasteiger partial charge in [0.15, 0.2) is 11.5 Å². The molecule has 3 rings (SSSR count). The number of anilines is 1. The molecule has 0 spiro atoms. The first-order valence-electron chi connectivity index (χ1n) is 9.78. The molecule has 2 N–H and O–H groups in total. The fourth-order valence-electron chi connectivity index (χ4n) is 2.91. The van der Waals surface area contributed by atoms with Crippen molar-refractivity contribution in [3.63, 3.8) is 0 Å². The topological polar surface area (TPSA) is 93.3 Å². The molecule has 0 aliphatic rings. The summed E-state index contributed by atoms with van der Waals surface area (Å²) in [5.74, 6) is 1.02. The van der Waals surface area contributed by atoms with Gasteiger partial charge in [-0.1, -0.05) is 32.0 Å². The summed E-state index contributed by atoms with van der Waals surface area (Å²) < 4.78 is 11.5. The third kappa shape index (κ3) is 5.13. The molecule has 29 heavy (non-hydrogen) atoms. The Morgan fingerprint density at radius 2 is 1.69 bits per heavy atom. The van der Waals surface area contributed by atoms with Crippen LogP contribution in [0.15, 0.2) is 47.3 Å². The Kier molecular flexibility index (Phi) is 6.84. The summed E-state index contributed by atoms with van der Waals surface area (Å²) in [6.45, 7) is 5.22. The molecule has 0 aliphatic carbocycles. The van der Waals surface area contributed by atoms with Gasteiger partial charge in [0.2, 0.25) is 5.91 Å². The molecule has 0 fully saturated rings.